The molecule has 1 amide bonds. The summed E-state index contributed by atoms with van der Waals surface area (Å²) in [5.41, 5.74) is -0.130. The van der Waals surface area contributed by atoms with Gasteiger partial charge in [0.05, 0.1) is 29.4 Å². The van der Waals surface area contributed by atoms with Gasteiger partial charge >= 0.3 is 5.97 Å². The fourth-order valence-electron chi connectivity index (χ4n) is 2.17. The third kappa shape index (κ3) is 4.66. The molecule has 0 aliphatic heterocycles. The molecule has 0 fully saturated rings. The van der Waals surface area contributed by atoms with Gasteiger partial charge in [-0.15, -0.1) is 0 Å². The number of nitro groups is 1. The number of rotatable bonds is 6. The Hall–Kier alpha value is -2.84. The number of methoxy groups -OCH3 is 1. The van der Waals surface area contributed by atoms with Crippen molar-refractivity contribution in [2.45, 2.75) is 6.92 Å². The van der Waals surface area contributed by atoms with Gasteiger partial charge in [0.25, 0.3) is 11.6 Å². The van der Waals surface area contributed by atoms with Crippen LogP contribution in [-0.4, -0.2) is 30.5 Å². The SMILES string of the molecule is CCOC(=O)c1cc(Cl)c(NC(=O)c2ccc(Cl)c([N+](=O)[O-])c2)cc1OC. The summed E-state index contributed by atoms with van der Waals surface area (Å²) in [6, 6.07) is 6.30. The number of hydrogen-bond acceptors (Lipinski definition) is 6. The van der Waals surface area contributed by atoms with Crippen molar-refractivity contribution in [3.63, 3.8) is 0 Å². The van der Waals surface area contributed by atoms with Gasteiger partial charge < -0.3 is 14.8 Å². The van der Waals surface area contributed by atoms with Crippen LogP contribution in [0.25, 0.3) is 0 Å². The normalized spacial score (nSPS) is 10.2. The van der Waals surface area contributed by atoms with E-state index in [0.717, 1.165) is 6.07 Å². The van der Waals surface area contributed by atoms with Gasteiger partial charge in [0.15, 0.2) is 0 Å². The molecule has 0 aliphatic rings. The van der Waals surface area contributed by atoms with Crippen molar-refractivity contribution in [3.05, 3.63) is 61.6 Å². The number of benzene rings is 2. The Kier molecular flexibility index (Phi) is 6.59. The van der Waals surface area contributed by atoms with Crippen LogP contribution >= 0.6 is 23.2 Å². The van der Waals surface area contributed by atoms with E-state index in [1.165, 1.54) is 31.4 Å². The van der Waals surface area contributed by atoms with Crippen LogP contribution in [0.4, 0.5) is 11.4 Å². The Morgan fingerprint density at radius 3 is 2.48 bits per heavy atom. The molecule has 2 aromatic carbocycles. The number of carbonyl (C=O) groups is 2. The Labute approximate surface area is 164 Å². The van der Waals surface area contributed by atoms with Crippen LogP contribution in [0, 0.1) is 10.1 Å². The van der Waals surface area contributed by atoms with Gasteiger partial charge in [-0.1, -0.05) is 23.2 Å². The van der Waals surface area contributed by atoms with E-state index in [2.05, 4.69) is 5.32 Å². The van der Waals surface area contributed by atoms with Crippen LogP contribution in [0.3, 0.4) is 0 Å². The number of halogens is 2. The van der Waals surface area contributed by atoms with Crippen molar-refractivity contribution in [2.75, 3.05) is 19.0 Å². The van der Waals surface area contributed by atoms with E-state index in [0.29, 0.717) is 0 Å². The second-order valence-corrected chi connectivity index (χ2v) is 5.94. The molecule has 142 valence electrons. The molecule has 10 heteroatoms. The minimum Gasteiger partial charge on any atom is -0.496 e. The minimum atomic E-state index is -0.691. The Balaban J connectivity index is 2.34. The van der Waals surface area contributed by atoms with E-state index in [1.54, 1.807) is 6.92 Å². The lowest BCUT2D eigenvalue weighted by molar-refractivity contribution is -0.384. The molecule has 0 radical (unpaired) electrons. The average molecular weight is 413 g/mol. The first-order valence-corrected chi connectivity index (χ1v) is 8.34. The quantitative estimate of drug-likeness (QED) is 0.429. The highest BCUT2D eigenvalue weighted by molar-refractivity contribution is 6.34. The number of carbonyl (C=O) groups excluding carboxylic acids is 2. The molecule has 0 aromatic heterocycles. The number of anilines is 1. The molecule has 8 nitrogen and oxygen atoms in total. The molecule has 1 N–H and O–H groups in total. The second-order valence-electron chi connectivity index (χ2n) is 5.13. The van der Waals surface area contributed by atoms with Gasteiger partial charge in [0, 0.05) is 17.7 Å². The van der Waals surface area contributed by atoms with E-state index in [1.807, 2.05) is 0 Å². The number of hydrogen-bond donors (Lipinski definition) is 1. The number of nitro benzene ring substituents is 1. The largest absolute Gasteiger partial charge is 0.496 e. The summed E-state index contributed by atoms with van der Waals surface area (Å²) in [7, 11) is 1.35. The molecular weight excluding hydrogens is 399 g/mol. The maximum Gasteiger partial charge on any atom is 0.341 e. The molecule has 0 heterocycles. The van der Waals surface area contributed by atoms with Crippen molar-refractivity contribution in [1.82, 2.24) is 0 Å². The Bertz CT molecular complexity index is 917. The summed E-state index contributed by atoms with van der Waals surface area (Å²) < 4.78 is 10.1. The molecule has 0 spiro atoms. The highest BCUT2D eigenvalue weighted by Gasteiger charge is 2.20. The molecule has 0 atom stereocenters. The first-order valence-electron chi connectivity index (χ1n) is 7.58. The summed E-state index contributed by atoms with van der Waals surface area (Å²) in [5.74, 6) is -1.12. The highest BCUT2D eigenvalue weighted by Crippen LogP contribution is 2.32. The lowest BCUT2D eigenvalue weighted by Gasteiger charge is -2.13. The molecule has 0 saturated carbocycles. The van der Waals surface area contributed by atoms with Crippen LogP contribution in [0.15, 0.2) is 30.3 Å². The van der Waals surface area contributed by atoms with Gasteiger partial charge in [-0.25, -0.2) is 4.79 Å². The first kappa shape index (κ1) is 20.5. The maximum atomic E-state index is 12.4. The summed E-state index contributed by atoms with van der Waals surface area (Å²) in [5, 5.41) is 13.4. The van der Waals surface area contributed by atoms with Gasteiger partial charge in [-0.2, -0.15) is 0 Å². The minimum absolute atomic E-state index is 0.00982. The van der Waals surface area contributed by atoms with Gasteiger partial charge in [-0.3, -0.25) is 14.9 Å². The zero-order valence-electron chi connectivity index (χ0n) is 14.2. The van der Waals surface area contributed by atoms with Crippen LogP contribution in [0.2, 0.25) is 10.0 Å². The van der Waals surface area contributed by atoms with Gasteiger partial charge in [0.1, 0.15) is 16.3 Å². The van der Waals surface area contributed by atoms with Crippen molar-refractivity contribution < 1.29 is 24.0 Å². The van der Waals surface area contributed by atoms with Crippen molar-refractivity contribution in [2.24, 2.45) is 0 Å². The molecule has 2 aromatic rings. The lowest BCUT2D eigenvalue weighted by Crippen LogP contribution is -2.14. The monoisotopic (exact) mass is 412 g/mol. The molecule has 0 bridgehead atoms. The van der Waals surface area contributed by atoms with Crippen LogP contribution in [-0.2, 0) is 4.74 Å². The van der Waals surface area contributed by atoms with Crippen molar-refractivity contribution in [1.29, 1.82) is 0 Å². The summed E-state index contributed by atoms with van der Waals surface area (Å²) >= 11 is 11.9. The number of nitrogens with one attached hydrogen (secondary N) is 1. The highest BCUT2D eigenvalue weighted by atomic mass is 35.5. The topological polar surface area (TPSA) is 108 Å². The number of ether oxygens (including phenoxy) is 2. The number of nitrogens with zero attached hydrogens (tertiary/aromatic N) is 1. The fourth-order valence-corrected chi connectivity index (χ4v) is 2.57. The first-order chi connectivity index (χ1) is 12.8. The number of amides is 1. The maximum absolute atomic E-state index is 12.4. The van der Waals surface area contributed by atoms with Crippen molar-refractivity contribution in [3.8, 4) is 5.75 Å². The van der Waals surface area contributed by atoms with Gasteiger partial charge in [-0.05, 0) is 25.1 Å². The predicted octanol–water partition coefficient (Wildman–Crippen LogP) is 4.34. The fraction of sp³-hybridized carbons (Fsp3) is 0.176. The van der Waals surface area contributed by atoms with E-state index in [4.69, 9.17) is 32.7 Å². The molecular formula is C17H14Cl2N2O6. The van der Waals surface area contributed by atoms with Crippen molar-refractivity contribution >= 4 is 46.5 Å². The molecule has 0 unspecified atom stereocenters. The Morgan fingerprint density at radius 1 is 1.19 bits per heavy atom. The predicted molar refractivity (Wildman–Crippen MR) is 100 cm³/mol. The van der Waals surface area contributed by atoms with E-state index >= 15 is 0 Å². The molecule has 0 aliphatic carbocycles. The molecule has 27 heavy (non-hydrogen) atoms. The summed E-state index contributed by atoms with van der Waals surface area (Å²) in [4.78, 5) is 34.6. The number of esters is 1. The van der Waals surface area contributed by atoms with Gasteiger partial charge in [0.2, 0.25) is 0 Å². The Morgan fingerprint density at radius 2 is 1.89 bits per heavy atom. The zero-order valence-corrected chi connectivity index (χ0v) is 15.8. The molecule has 2 rings (SSSR count). The summed E-state index contributed by atoms with van der Waals surface area (Å²) in [6.07, 6.45) is 0. The van der Waals surface area contributed by atoms with Crippen LogP contribution < -0.4 is 10.1 Å². The lowest BCUT2D eigenvalue weighted by atomic mass is 10.1. The van der Waals surface area contributed by atoms with E-state index in [-0.39, 0.29) is 39.2 Å². The second kappa shape index (κ2) is 8.70. The third-order valence-electron chi connectivity index (χ3n) is 3.44. The third-order valence-corrected chi connectivity index (χ3v) is 4.07. The van der Waals surface area contributed by atoms with Crippen LogP contribution in [0.1, 0.15) is 27.6 Å². The van der Waals surface area contributed by atoms with Crippen LogP contribution in [0.5, 0.6) is 5.75 Å². The zero-order chi connectivity index (χ0) is 20.1. The van der Waals surface area contributed by atoms with E-state index < -0.39 is 22.5 Å². The standard InChI is InChI=1S/C17H14Cl2N2O6/c1-3-27-17(23)10-7-12(19)13(8-15(10)26-2)20-16(22)9-4-5-11(18)14(6-9)21(24)25/h4-8H,3H2,1-2H3,(H,20,22). The molecule has 0 saturated heterocycles. The van der Waals surface area contributed by atoms with E-state index in [9.17, 15) is 19.7 Å². The average Bonchev–Trinajstić information content (AvgIpc) is 2.63. The smallest absolute Gasteiger partial charge is 0.341 e. The summed E-state index contributed by atoms with van der Waals surface area (Å²) in [6.45, 7) is 1.83.